The molecule has 0 spiro atoms. The SMILES string of the molecule is Cc1cc(C)cc(-c2cc3ccc4cc(-c5cc(C)cc(C)c5)c(C(C)C)nc4c3nc2C(C)C)c1. The van der Waals surface area contributed by atoms with Crippen molar-refractivity contribution in [1.82, 2.24) is 9.97 Å². The van der Waals surface area contributed by atoms with E-state index in [2.05, 4.69) is 116 Å². The topological polar surface area (TPSA) is 25.8 Å². The predicted octanol–water partition coefficient (Wildman–Crippen LogP) is 9.60. The molecule has 2 nitrogen and oxygen atoms in total. The number of rotatable bonds is 4. The Labute approximate surface area is 215 Å². The summed E-state index contributed by atoms with van der Waals surface area (Å²) in [5.41, 5.74) is 14.3. The molecule has 0 aliphatic heterocycles. The van der Waals surface area contributed by atoms with Crippen LogP contribution in [-0.2, 0) is 0 Å². The van der Waals surface area contributed by atoms with Crippen LogP contribution in [-0.4, -0.2) is 9.97 Å². The molecule has 2 heterocycles. The van der Waals surface area contributed by atoms with Crippen molar-refractivity contribution in [3.63, 3.8) is 0 Å². The molecule has 0 bridgehead atoms. The molecule has 182 valence electrons. The molecule has 3 aromatic carbocycles. The van der Waals surface area contributed by atoms with Crippen LogP contribution in [0.25, 0.3) is 44.1 Å². The Morgan fingerprint density at radius 1 is 0.472 bits per heavy atom. The zero-order valence-electron chi connectivity index (χ0n) is 22.8. The first-order chi connectivity index (χ1) is 17.1. The van der Waals surface area contributed by atoms with Crippen LogP contribution in [0.3, 0.4) is 0 Å². The molecule has 0 unspecified atom stereocenters. The smallest absolute Gasteiger partial charge is 0.0968 e. The van der Waals surface area contributed by atoms with Gasteiger partial charge in [0.25, 0.3) is 0 Å². The zero-order valence-corrected chi connectivity index (χ0v) is 22.8. The summed E-state index contributed by atoms with van der Waals surface area (Å²) in [5, 5.41) is 2.28. The third-order valence-corrected chi connectivity index (χ3v) is 6.99. The number of benzene rings is 3. The van der Waals surface area contributed by atoms with Crippen LogP contribution in [0.4, 0.5) is 0 Å². The minimum absolute atomic E-state index is 0.305. The fourth-order valence-corrected chi connectivity index (χ4v) is 5.50. The molecular formula is C34H36N2. The highest BCUT2D eigenvalue weighted by Crippen LogP contribution is 2.37. The van der Waals surface area contributed by atoms with Gasteiger partial charge in [0.05, 0.1) is 22.4 Å². The number of hydrogen-bond donors (Lipinski definition) is 0. The Morgan fingerprint density at radius 2 is 0.806 bits per heavy atom. The molecule has 0 amide bonds. The minimum Gasteiger partial charge on any atom is -0.250 e. The van der Waals surface area contributed by atoms with Crippen LogP contribution in [0.2, 0.25) is 0 Å². The number of aromatic nitrogens is 2. The summed E-state index contributed by atoms with van der Waals surface area (Å²) in [5.74, 6) is 0.610. The summed E-state index contributed by atoms with van der Waals surface area (Å²) in [7, 11) is 0. The second-order valence-corrected chi connectivity index (χ2v) is 11.1. The average molecular weight is 473 g/mol. The van der Waals surface area contributed by atoms with E-state index >= 15 is 0 Å². The van der Waals surface area contributed by atoms with Gasteiger partial charge in [-0.25, -0.2) is 9.97 Å². The molecule has 2 heteroatoms. The van der Waals surface area contributed by atoms with Crippen molar-refractivity contribution in [2.24, 2.45) is 0 Å². The van der Waals surface area contributed by atoms with Gasteiger partial charge in [0.15, 0.2) is 0 Å². The van der Waals surface area contributed by atoms with Crippen LogP contribution in [0, 0.1) is 27.7 Å². The van der Waals surface area contributed by atoms with Crippen LogP contribution >= 0.6 is 0 Å². The van der Waals surface area contributed by atoms with Gasteiger partial charge in [0.1, 0.15) is 0 Å². The van der Waals surface area contributed by atoms with E-state index in [4.69, 9.17) is 9.97 Å². The second kappa shape index (κ2) is 9.17. The lowest BCUT2D eigenvalue weighted by atomic mass is 9.92. The molecule has 0 atom stereocenters. The Morgan fingerprint density at radius 3 is 1.11 bits per heavy atom. The fraction of sp³-hybridized carbons (Fsp3) is 0.294. The van der Waals surface area contributed by atoms with Crippen molar-refractivity contribution < 1.29 is 0 Å². The molecule has 0 aliphatic carbocycles. The predicted molar refractivity (Wildman–Crippen MR) is 155 cm³/mol. The van der Waals surface area contributed by atoms with Crippen molar-refractivity contribution in [3.8, 4) is 22.3 Å². The highest BCUT2D eigenvalue weighted by Gasteiger charge is 2.18. The zero-order chi connectivity index (χ0) is 25.7. The average Bonchev–Trinajstić information content (AvgIpc) is 2.80. The van der Waals surface area contributed by atoms with Gasteiger partial charge in [0, 0.05) is 21.9 Å². The maximum absolute atomic E-state index is 5.31. The molecule has 2 aromatic heterocycles. The first kappa shape index (κ1) is 24.2. The van der Waals surface area contributed by atoms with Gasteiger partial charge in [-0.3, -0.25) is 0 Å². The van der Waals surface area contributed by atoms with Crippen LogP contribution in [0.15, 0.2) is 60.7 Å². The third kappa shape index (κ3) is 4.41. The third-order valence-electron chi connectivity index (χ3n) is 6.99. The Balaban J connectivity index is 1.80. The van der Waals surface area contributed by atoms with E-state index in [-0.39, 0.29) is 0 Å². The lowest BCUT2D eigenvalue weighted by Crippen LogP contribution is -2.02. The largest absolute Gasteiger partial charge is 0.250 e. The summed E-state index contributed by atoms with van der Waals surface area (Å²) >= 11 is 0. The minimum atomic E-state index is 0.305. The van der Waals surface area contributed by atoms with Gasteiger partial charge in [-0.2, -0.15) is 0 Å². The quantitative estimate of drug-likeness (QED) is 0.243. The molecule has 0 saturated heterocycles. The van der Waals surface area contributed by atoms with Gasteiger partial charge >= 0.3 is 0 Å². The van der Waals surface area contributed by atoms with E-state index in [9.17, 15) is 0 Å². The standard InChI is InChI=1S/C34H36N2/c1-19(2)31-29(27-13-21(5)11-22(6)14-27)17-25-9-10-26-18-30(28-15-23(7)12-24(8)16-28)32(20(3)4)36-34(26)33(25)35-31/h9-20H,1-8H3. The summed E-state index contributed by atoms with van der Waals surface area (Å²) < 4.78 is 0. The molecule has 0 aliphatic rings. The van der Waals surface area contributed by atoms with Gasteiger partial charge in [0.2, 0.25) is 0 Å². The highest BCUT2D eigenvalue weighted by molar-refractivity contribution is 6.05. The molecule has 0 radical (unpaired) electrons. The number of fused-ring (bicyclic) bond motifs is 3. The molecule has 0 fully saturated rings. The second-order valence-electron chi connectivity index (χ2n) is 11.1. The van der Waals surface area contributed by atoms with E-state index in [1.807, 2.05) is 0 Å². The van der Waals surface area contributed by atoms with Gasteiger partial charge in [-0.05, 0) is 62.8 Å². The Kier molecular flexibility index (Phi) is 6.16. The normalized spacial score (nSPS) is 11.8. The maximum atomic E-state index is 5.31. The van der Waals surface area contributed by atoms with E-state index in [1.165, 1.54) is 44.5 Å². The molecule has 5 aromatic rings. The Bertz CT molecular complexity index is 1460. The monoisotopic (exact) mass is 472 g/mol. The summed E-state index contributed by atoms with van der Waals surface area (Å²) in [4.78, 5) is 10.6. The maximum Gasteiger partial charge on any atom is 0.0968 e. The van der Waals surface area contributed by atoms with Gasteiger partial charge in [-0.1, -0.05) is 98.5 Å². The van der Waals surface area contributed by atoms with Crippen molar-refractivity contribution in [3.05, 3.63) is 94.3 Å². The van der Waals surface area contributed by atoms with Crippen LogP contribution < -0.4 is 0 Å². The number of pyridine rings is 2. The van der Waals surface area contributed by atoms with Crippen LogP contribution in [0.1, 0.15) is 73.2 Å². The molecule has 0 saturated carbocycles. The molecule has 0 N–H and O–H groups in total. The van der Waals surface area contributed by atoms with E-state index < -0.39 is 0 Å². The summed E-state index contributed by atoms with van der Waals surface area (Å²) in [6.45, 7) is 17.6. The van der Waals surface area contributed by atoms with Gasteiger partial charge < -0.3 is 0 Å². The van der Waals surface area contributed by atoms with Crippen molar-refractivity contribution >= 4 is 21.8 Å². The fourth-order valence-electron chi connectivity index (χ4n) is 5.50. The van der Waals surface area contributed by atoms with Crippen molar-refractivity contribution in [2.45, 2.75) is 67.2 Å². The summed E-state index contributed by atoms with van der Waals surface area (Å²) in [6, 6.07) is 22.6. The van der Waals surface area contributed by atoms with E-state index in [0.717, 1.165) is 33.2 Å². The van der Waals surface area contributed by atoms with E-state index in [1.54, 1.807) is 0 Å². The van der Waals surface area contributed by atoms with Gasteiger partial charge in [-0.15, -0.1) is 0 Å². The number of nitrogens with zero attached hydrogens (tertiary/aromatic N) is 2. The lowest BCUT2D eigenvalue weighted by molar-refractivity contribution is 0.829. The van der Waals surface area contributed by atoms with Crippen molar-refractivity contribution in [2.75, 3.05) is 0 Å². The van der Waals surface area contributed by atoms with Crippen LogP contribution in [0.5, 0.6) is 0 Å². The Hall–Kier alpha value is -3.52. The number of hydrogen-bond acceptors (Lipinski definition) is 2. The first-order valence-electron chi connectivity index (χ1n) is 13.1. The first-order valence-corrected chi connectivity index (χ1v) is 13.1. The molecule has 5 rings (SSSR count). The highest BCUT2D eigenvalue weighted by atomic mass is 14.8. The summed E-state index contributed by atoms with van der Waals surface area (Å²) in [6.07, 6.45) is 0. The lowest BCUT2D eigenvalue weighted by Gasteiger charge is -2.18. The van der Waals surface area contributed by atoms with Crippen molar-refractivity contribution in [1.29, 1.82) is 0 Å². The molecular weight excluding hydrogens is 436 g/mol. The number of aryl methyl sites for hydroxylation is 4. The molecule has 36 heavy (non-hydrogen) atoms. The van der Waals surface area contributed by atoms with E-state index in [0.29, 0.717) is 11.8 Å².